The number of nitrogens with one attached hydrogen (secondary N) is 1. The fourth-order valence-electron chi connectivity index (χ4n) is 1.79. The Hall–Kier alpha value is -1.39. The number of hydrogen-bond donors (Lipinski definition) is 1. The summed E-state index contributed by atoms with van der Waals surface area (Å²) in [6.45, 7) is 3.57. The van der Waals surface area contributed by atoms with Gasteiger partial charge in [-0.3, -0.25) is 9.48 Å². The number of hydrogen-bond acceptors (Lipinski definition) is 3. The van der Waals surface area contributed by atoms with Crippen LogP contribution in [-0.2, 0) is 11.3 Å². The summed E-state index contributed by atoms with van der Waals surface area (Å²) in [6.07, 6.45) is 3.06. The molecule has 5 heteroatoms. The van der Waals surface area contributed by atoms with Crippen molar-refractivity contribution >= 4 is 5.91 Å². The highest BCUT2D eigenvalue weighted by Crippen LogP contribution is 2.21. The molecule has 1 N–H and O–H groups in total. The molecule has 1 saturated heterocycles. The molecule has 1 fully saturated rings. The Morgan fingerprint density at radius 2 is 2.57 bits per heavy atom. The van der Waals surface area contributed by atoms with Gasteiger partial charge in [0, 0.05) is 25.4 Å². The number of rotatable bonds is 2. The van der Waals surface area contributed by atoms with Gasteiger partial charge in [-0.05, 0) is 13.3 Å². The molecule has 1 atom stereocenters. The van der Waals surface area contributed by atoms with Crippen LogP contribution in [0.4, 0.5) is 0 Å². The molecule has 1 aliphatic heterocycles. The van der Waals surface area contributed by atoms with E-state index in [1.807, 2.05) is 11.6 Å². The molecule has 76 valence electrons. The molecule has 2 heterocycles. The summed E-state index contributed by atoms with van der Waals surface area (Å²) in [4.78, 5) is 15.2. The van der Waals surface area contributed by atoms with Crippen molar-refractivity contribution in [1.82, 2.24) is 20.1 Å². The fraction of sp³-hybridized carbons (Fsp3) is 0.667. The second-order valence-electron chi connectivity index (χ2n) is 3.47. The molecule has 1 aromatic heterocycles. The largest absolute Gasteiger partial charge is 0.355 e. The van der Waals surface area contributed by atoms with Crippen LogP contribution in [0.1, 0.15) is 31.5 Å². The van der Waals surface area contributed by atoms with E-state index in [4.69, 9.17) is 0 Å². The first-order valence-electron chi connectivity index (χ1n) is 4.95. The predicted molar refractivity (Wildman–Crippen MR) is 50.7 cm³/mol. The lowest BCUT2D eigenvalue weighted by molar-refractivity contribution is -0.122. The summed E-state index contributed by atoms with van der Waals surface area (Å²) >= 11 is 0. The zero-order valence-electron chi connectivity index (χ0n) is 8.23. The van der Waals surface area contributed by atoms with Crippen molar-refractivity contribution in [2.24, 2.45) is 0 Å². The van der Waals surface area contributed by atoms with Crippen molar-refractivity contribution in [3.63, 3.8) is 0 Å². The lowest BCUT2D eigenvalue weighted by atomic mass is 9.98. The van der Waals surface area contributed by atoms with E-state index in [0.29, 0.717) is 18.9 Å². The number of aryl methyl sites for hydroxylation is 1. The topological polar surface area (TPSA) is 59.8 Å². The number of aromatic nitrogens is 3. The third kappa shape index (κ3) is 1.62. The van der Waals surface area contributed by atoms with Crippen molar-refractivity contribution in [1.29, 1.82) is 0 Å². The van der Waals surface area contributed by atoms with E-state index in [0.717, 1.165) is 18.8 Å². The predicted octanol–water partition coefficient (Wildman–Crippen LogP) is 0.292. The number of carbonyl (C=O) groups is 1. The second kappa shape index (κ2) is 3.77. The maximum Gasteiger partial charge on any atom is 0.220 e. The molecule has 1 aromatic rings. The Morgan fingerprint density at radius 1 is 1.71 bits per heavy atom. The van der Waals surface area contributed by atoms with Gasteiger partial charge in [-0.15, -0.1) is 0 Å². The van der Waals surface area contributed by atoms with Crippen molar-refractivity contribution in [3.8, 4) is 0 Å². The molecule has 1 unspecified atom stereocenters. The van der Waals surface area contributed by atoms with Crippen LogP contribution in [0.25, 0.3) is 0 Å². The Labute approximate surface area is 82.5 Å². The van der Waals surface area contributed by atoms with E-state index in [1.54, 1.807) is 6.33 Å². The first kappa shape index (κ1) is 9.18. The number of nitrogens with zero attached hydrogens (tertiary/aromatic N) is 3. The van der Waals surface area contributed by atoms with Crippen LogP contribution in [0.5, 0.6) is 0 Å². The summed E-state index contributed by atoms with van der Waals surface area (Å²) in [5.74, 6) is 1.46. The van der Waals surface area contributed by atoms with Gasteiger partial charge < -0.3 is 5.32 Å². The van der Waals surface area contributed by atoms with E-state index < -0.39 is 0 Å². The Kier molecular flexibility index (Phi) is 2.47. The number of piperidine rings is 1. The molecule has 0 spiro atoms. The van der Waals surface area contributed by atoms with E-state index in [9.17, 15) is 4.79 Å². The monoisotopic (exact) mass is 194 g/mol. The maximum atomic E-state index is 11.0. The molecule has 5 nitrogen and oxygen atoms in total. The Balaban J connectivity index is 2.11. The van der Waals surface area contributed by atoms with Crippen molar-refractivity contribution in [2.75, 3.05) is 6.54 Å². The minimum Gasteiger partial charge on any atom is -0.355 e. The maximum absolute atomic E-state index is 11.0. The van der Waals surface area contributed by atoms with Gasteiger partial charge >= 0.3 is 0 Å². The standard InChI is InChI=1S/C9H14N4O/c1-2-13-9(11-6-12-13)7-3-4-8(14)10-5-7/h6-7H,2-5H2,1H3,(H,10,14). The van der Waals surface area contributed by atoms with Crippen LogP contribution in [0.3, 0.4) is 0 Å². The molecule has 0 aliphatic carbocycles. The molecule has 0 saturated carbocycles. The van der Waals surface area contributed by atoms with Gasteiger partial charge in [0.25, 0.3) is 0 Å². The summed E-state index contributed by atoms with van der Waals surface area (Å²) in [5, 5.41) is 6.97. The molecular formula is C9H14N4O. The zero-order chi connectivity index (χ0) is 9.97. The van der Waals surface area contributed by atoms with Crippen LogP contribution in [0.2, 0.25) is 0 Å². The fourth-order valence-corrected chi connectivity index (χ4v) is 1.79. The van der Waals surface area contributed by atoms with Crippen LogP contribution in [-0.4, -0.2) is 27.2 Å². The third-order valence-corrected chi connectivity index (χ3v) is 2.58. The van der Waals surface area contributed by atoms with E-state index in [2.05, 4.69) is 15.4 Å². The van der Waals surface area contributed by atoms with Gasteiger partial charge in [0.1, 0.15) is 12.2 Å². The molecule has 0 bridgehead atoms. The van der Waals surface area contributed by atoms with Crippen molar-refractivity contribution < 1.29 is 4.79 Å². The summed E-state index contributed by atoms with van der Waals surface area (Å²) < 4.78 is 1.89. The average Bonchev–Trinajstić information content (AvgIpc) is 2.67. The smallest absolute Gasteiger partial charge is 0.220 e. The van der Waals surface area contributed by atoms with Gasteiger partial charge in [0.05, 0.1) is 0 Å². The average molecular weight is 194 g/mol. The first-order chi connectivity index (χ1) is 6.81. The molecule has 1 aliphatic rings. The molecule has 0 aromatic carbocycles. The summed E-state index contributed by atoms with van der Waals surface area (Å²) in [7, 11) is 0. The highest BCUT2D eigenvalue weighted by molar-refractivity contribution is 5.76. The minimum atomic E-state index is 0.142. The van der Waals surface area contributed by atoms with E-state index >= 15 is 0 Å². The highest BCUT2D eigenvalue weighted by atomic mass is 16.1. The van der Waals surface area contributed by atoms with E-state index in [-0.39, 0.29) is 5.91 Å². The molecule has 1 amide bonds. The van der Waals surface area contributed by atoms with Gasteiger partial charge in [0.15, 0.2) is 0 Å². The third-order valence-electron chi connectivity index (χ3n) is 2.58. The Morgan fingerprint density at radius 3 is 3.21 bits per heavy atom. The van der Waals surface area contributed by atoms with Crippen LogP contribution < -0.4 is 5.32 Å². The number of carbonyl (C=O) groups excluding carboxylic acids is 1. The van der Waals surface area contributed by atoms with Crippen molar-refractivity contribution in [3.05, 3.63) is 12.2 Å². The van der Waals surface area contributed by atoms with Crippen LogP contribution in [0.15, 0.2) is 6.33 Å². The minimum absolute atomic E-state index is 0.142. The van der Waals surface area contributed by atoms with Gasteiger partial charge in [-0.1, -0.05) is 0 Å². The van der Waals surface area contributed by atoms with E-state index in [1.165, 1.54) is 0 Å². The van der Waals surface area contributed by atoms with Crippen molar-refractivity contribution in [2.45, 2.75) is 32.2 Å². The van der Waals surface area contributed by atoms with Gasteiger partial charge in [0.2, 0.25) is 5.91 Å². The van der Waals surface area contributed by atoms with Gasteiger partial charge in [-0.25, -0.2) is 4.98 Å². The molecule has 14 heavy (non-hydrogen) atoms. The molecule has 2 rings (SSSR count). The highest BCUT2D eigenvalue weighted by Gasteiger charge is 2.23. The lowest BCUT2D eigenvalue weighted by Crippen LogP contribution is -2.34. The summed E-state index contributed by atoms with van der Waals surface area (Å²) in [6, 6.07) is 0. The molecular weight excluding hydrogens is 180 g/mol. The lowest BCUT2D eigenvalue weighted by Gasteiger charge is -2.21. The quantitative estimate of drug-likeness (QED) is 0.736. The van der Waals surface area contributed by atoms with Crippen LogP contribution >= 0.6 is 0 Å². The SMILES string of the molecule is CCn1ncnc1C1CCC(=O)NC1. The summed E-state index contributed by atoms with van der Waals surface area (Å²) in [5.41, 5.74) is 0. The Bertz CT molecular complexity index is 323. The molecule has 0 radical (unpaired) electrons. The number of amides is 1. The second-order valence-corrected chi connectivity index (χ2v) is 3.47. The zero-order valence-corrected chi connectivity index (χ0v) is 8.23. The van der Waals surface area contributed by atoms with Crippen LogP contribution in [0, 0.1) is 0 Å². The van der Waals surface area contributed by atoms with Gasteiger partial charge in [-0.2, -0.15) is 5.10 Å². The first-order valence-corrected chi connectivity index (χ1v) is 4.95. The normalized spacial score (nSPS) is 22.1.